The first-order valence-corrected chi connectivity index (χ1v) is 26.8. The molecule has 0 saturated carbocycles. The fraction of sp³-hybridized carbons (Fsp3) is 0.525. The van der Waals surface area contributed by atoms with Gasteiger partial charge in [0.2, 0.25) is 11.8 Å². The SMILES string of the molecule is COc1c(C)cc2c(c1O)[C@@H]1[C@@H]3CC4=C(C(=O)C(C)=C(C)C4=O)[C@H](CNC(=O)C(C)C)N3[C@@H](C#N)[C@H](C2)N1C.COc1c(C)cc2c(c1O)[C@@H]1[C@@H]3CC4=C(C(=O)C(C)=C(C)C4=O)[C@H](CNC(=O)[C@H](C)N)N3[C@@H](C#N)[C@H](C2)N1C. The number of hydrogen-bond acceptors (Lipinski definition) is 17. The lowest BCUT2D eigenvalue weighted by molar-refractivity contribution is -0.125. The van der Waals surface area contributed by atoms with Crippen LogP contribution in [0.15, 0.2) is 56.7 Å². The van der Waals surface area contributed by atoms with Gasteiger partial charge < -0.3 is 36.1 Å². The number of benzene rings is 2. The molecule has 0 aromatic heterocycles. The number of aryl methyl sites for hydroxylation is 2. The number of phenolic OH excluding ortho intramolecular Hbond substituents is 2. The Morgan fingerprint density at radius 1 is 0.628 bits per heavy atom. The average molecular weight is 1070 g/mol. The first-order chi connectivity index (χ1) is 36.9. The summed E-state index contributed by atoms with van der Waals surface area (Å²) >= 11 is 0. The zero-order valence-corrected chi connectivity index (χ0v) is 46.7. The minimum absolute atomic E-state index is 0.0262. The van der Waals surface area contributed by atoms with E-state index in [0.717, 1.165) is 27.8 Å². The monoisotopic (exact) mass is 1070 g/mol. The van der Waals surface area contributed by atoms with Crippen LogP contribution in [0.1, 0.15) is 107 Å². The summed E-state index contributed by atoms with van der Waals surface area (Å²) in [7, 11) is 6.93. The van der Waals surface area contributed by atoms with Crippen LogP contribution in [0.5, 0.6) is 23.0 Å². The molecule has 78 heavy (non-hydrogen) atoms. The number of nitrogens with two attached hydrogens (primary N) is 1. The highest BCUT2D eigenvalue weighted by Crippen LogP contribution is 2.56. The van der Waals surface area contributed by atoms with E-state index < -0.39 is 42.3 Å². The van der Waals surface area contributed by atoms with Crippen LogP contribution in [0.25, 0.3) is 0 Å². The number of hydrogen-bond donors (Lipinski definition) is 5. The highest BCUT2D eigenvalue weighted by Gasteiger charge is 2.59. The number of fused-ring (bicyclic) bond motifs is 12. The van der Waals surface area contributed by atoms with Crippen LogP contribution < -0.4 is 25.8 Å². The van der Waals surface area contributed by atoms with Gasteiger partial charge in [-0.25, -0.2) is 0 Å². The number of ether oxygens (including phenoxy) is 2. The molecule has 2 fully saturated rings. The molecule has 2 aromatic carbocycles. The number of nitrogens with zero attached hydrogens (tertiary/aromatic N) is 6. The number of nitriles is 2. The van der Waals surface area contributed by atoms with Crippen LogP contribution in [-0.4, -0.2) is 161 Å². The molecule has 6 aliphatic heterocycles. The Balaban J connectivity index is 0.000000190. The van der Waals surface area contributed by atoms with Gasteiger partial charge in [-0.2, -0.15) is 10.5 Å². The zero-order valence-electron chi connectivity index (χ0n) is 46.7. The van der Waals surface area contributed by atoms with E-state index in [1.54, 1.807) is 48.5 Å². The molecule has 19 nitrogen and oxygen atoms in total. The van der Waals surface area contributed by atoms with Gasteiger partial charge in [-0.3, -0.25) is 48.4 Å². The Labute approximate surface area is 455 Å². The maximum Gasteiger partial charge on any atom is 0.236 e. The van der Waals surface area contributed by atoms with E-state index in [2.05, 4.69) is 32.6 Å². The van der Waals surface area contributed by atoms with Crippen LogP contribution in [0.4, 0.5) is 0 Å². The number of ketones is 4. The molecule has 0 spiro atoms. The molecule has 0 unspecified atom stereocenters. The molecule has 19 heteroatoms. The van der Waals surface area contributed by atoms with Gasteiger partial charge in [0, 0.05) is 98.9 Å². The van der Waals surface area contributed by atoms with E-state index in [0.29, 0.717) is 74.5 Å². The van der Waals surface area contributed by atoms with Crippen molar-refractivity contribution in [1.82, 2.24) is 30.2 Å². The first kappa shape index (κ1) is 55.7. The molecule has 11 atom stereocenters. The minimum Gasteiger partial charge on any atom is -0.504 e. The summed E-state index contributed by atoms with van der Waals surface area (Å²) in [5.74, 6) is -0.679. The number of allylic oxidation sites excluding steroid dienone is 4. The molecule has 2 aliphatic carbocycles. The van der Waals surface area contributed by atoms with Gasteiger partial charge in [-0.15, -0.1) is 0 Å². The molecule has 0 radical (unpaired) electrons. The molecule has 2 amide bonds. The lowest BCUT2D eigenvalue weighted by Gasteiger charge is -2.60. The quantitative estimate of drug-likeness (QED) is 0.236. The van der Waals surface area contributed by atoms with Crippen LogP contribution in [-0.2, 0) is 41.6 Å². The number of amides is 2. The lowest BCUT2D eigenvalue weighted by Crippen LogP contribution is -2.71. The Morgan fingerprint density at radius 2 is 0.987 bits per heavy atom. The number of likely N-dealkylation sites (N-methyl/N-ethyl adjacent to an activating group) is 2. The molecular weight excluding hydrogens is 995 g/mol. The van der Waals surface area contributed by atoms with Crippen molar-refractivity contribution in [2.45, 2.75) is 154 Å². The summed E-state index contributed by atoms with van der Waals surface area (Å²) in [5, 5.41) is 49.7. The fourth-order valence-electron chi connectivity index (χ4n) is 14.2. The second-order valence-electron chi connectivity index (χ2n) is 22.7. The number of carbonyl (C=O) groups excluding carboxylic acids is 6. The first-order valence-electron chi connectivity index (χ1n) is 26.8. The number of methoxy groups -OCH3 is 2. The van der Waals surface area contributed by atoms with Crippen LogP contribution in [0.3, 0.4) is 0 Å². The van der Waals surface area contributed by atoms with Crippen LogP contribution in [0, 0.1) is 42.4 Å². The predicted molar refractivity (Wildman–Crippen MR) is 287 cm³/mol. The number of aromatic hydroxyl groups is 2. The summed E-state index contributed by atoms with van der Waals surface area (Å²) in [4.78, 5) is 88.1. The van der Waals surface area contributed by atoms with Gasteiger partial charge in [-0.05, 0) is 110 Å². The third-order valence-corrected chi connectivity index (χ3v) is 18.3. The lowest BCUT2D eigenvalue weighted by atomic mass is 9.69. The topological polar surface area (TPSA) is 272 Å². The minimum atomic E-state index is -0.761. The molecule has 2 aromatic rings. The Kier molecular flexibility index (Phi) is 14.8. The third-order valence-electron chi connectivity index (χ3n) is 18.3. The van der Waals surface area contributed by atoms with Gasteiger partial charge in [0.15, 0.2) is 46.1 Å². The van der Waals surface area contributed by atoms with Gasteiger partial charge in [0.05, 0.1) is 56.6 Å². The Hall–Kier alpha value is -7.00. The largest absolute Gasteiger partial charge is 0.504 e. The van der Waals surface area contributed by atoms with Crippen molar-refractivity contribution in [2.75, 3.05) is 41.4 Å². The summed E-state index contributed by atoms with van der Waals surface area (Å²) in [6, 6.07) is 3.66. The average Bonchev–Trinajstić information content (AvgIpc) is 3.47. The summed E-state index contributed by atoms with van der Waals surface area (Å²) in [6.45, 7) is 15.7. The van der Waals surface area contributed by atoms with E-state index in [1.165, 1.54) is 14.2 Å². The summed E-state index contributed by atoms with van der Waals surface area (Å²) < 4.78 is 11.1. The smallest absolute Gasteiger partial charge is 0.236 e. The van der Waals surface area contributed by atoms with E-state index in [4.69, 9.17) is 15.2 Å². The van der Waals surface area contributed by atoms with Crippen molar-refractivity contribution < 1.29 is 48.5 Å². The standard InChI is InChI=1S/C30H36N4O5.C29H35N5O5/c1-13(2)30(38)32-12-22-24-18(26(35)15(4)16(5)27(24)36)10-20-25-23-17(8-14(3)29(39-7)28(23)37)9-19(33(25)6)21(11-31)34(20)22;1-12-7-16-8-18-20(10-30)34-19(24(33(18)5)22(16)27(37)28(12)39-6)9-17-23(21(34)11-32-29(38)15(4)31)26(36)14(3)13(2)25(17)35/h8,13,19-22,25,37H,9-10,12H2,1-7H3,(H,32,38);7,15,18-21,24,37H,8-9,11,31H2,1-6H3,(H,32,38)/t19-,20-,21-,22-,25-;15-,18-,19-,20-,21-,24-/m00/s1. The van der Waals surface area contributed by atoms with Crippen molar-refractivity contribution in [2.24, 2.45) is 11.7 Å². The normalized spacial score (nSPS) is 29.0. The number of phenols is 2. The van der Waals surface area contributed by atoms with Crippen molar-refractivity contribution in [3.8, 4) is 35.1 Å². The molecule has 6 N–H and O–H groups in total. The molecule has 10 rings (SSSR count). The number of rotatable bonds is 8. The molecule has 2 saturated heterocycles. The maximum absolute atomic E-state index is 13.7. The molecular formula is C59H71N9O10. The molecule has 4 bridgehead atoms. The zero-order chi connectivity index (χ0) is 57.0. The van der Waals surface area contributed by atoms with Crippen molar-refractivity contribution in [1.29, 1.82) is 10.5 Å². The molecule has 6 heterocycles. The summed E-state index contributed by atoms with van der Waals surface area (Å²) in [5.41, 5.74) is 14.0. The van der Waals surface area contributed by atoms with E-state index in [9.17, 15) is 49.5 Å². The third kappa shape index (κ3) is 8.39. The van der Waals surface area contributed by atoms with Gasteiger partial charge in [0.1, 0.15) is 12.1 Å². The van der Waals surface area contributed by atoms with Crippen molar-refractivity contribution in [3.63, 3.8) is 0 Å². The molecule has 412 valence electrons. The molecule has 8 aliphatic rings. The van der Waals surface area contributed by atoms with Gasteiger partial charge >= 0.3 is 0 Å². The Bertz CT molecular complexity index is 3020. The van der Waals surface area contributed by atoms with Crippen LogP contribution in [0.2, 0.25) is 0 Å². The Morgan fingerprint density at radius 3 is 1.32 bits per heavy atom. The van der Waals surface area contributed by atoms with E-state index >= 15 is 0 Å². The number of nitrogens with one attached hydrogen (secondary N) is 2. The second kappa shape index (κ2) is 20.7. The van der Waals surface area contributed by atoms with E-state index in [-0.39, 0.29) is 102 Å². The highest BCUT2D eigenvalue weighted by atomic mass is 16.5. The maximum atomic E-state index is 13.7. The highest BCUT2D eigenvalue weighted by molar-refractivity contribution is 6.26. The fourth-order valence-corrected chi connectivity index (χ4v) is 14.2. The van der Waals surface area contributed by atoms with Crippen LogP contribution >= 0.6 is 0 Å². The second-order valence-corrected chi connectivity index (χ2v) is 22.7. The van der Waals surface area contributed by atoms with Crippen molar-refractivity contribution in [3.05, 3.63) is 90.1 Å². The van der Waals surface area contributed by atoms with E-state index in [1.807, 2.05) is 49.9 Å². The number of carbonyl (C=O) groups is 6. The van der Waals surface area contributed by atoms with Crippen molar-refractivity contribution >= 4 is 34.9 Å². The number of Topliss-reactive ketones (excluding diaryl/α,β-unsaturated/α-hetero) is 4. The summed E-state index contributed by atoms with van der Waals surface area (Å²) in [6.07, 6.45) is 1.54. The predicted octanol–water partition coefficient (Wildman–Crippen LogP) is 3.72. The van der Waals surface area contributed by atoms with Gasteiger partial charge in [-0.1, -0.05) is 26.0 Å². The number of piperazine rings is 2. The van der Waals surface area contributed by atoms with Gasteiger partial charge in [0.25, 0.3) is 0 Å².